The van der Waals surface area contributed by atoms with E-state index in [1.54, 1.807) is 0 Å². The minimum Gasteiger partial charge on any atom is -0.353 e. The Morgan fingerprint density at radius 1 is 0.625 bits per heavy atom. The third-order valence-electron chi connectivity index (χ3n) is 6.22. The lowest BCUT2D eigenvalue weighted by atomic mass is 10.2. The maximum Gasteiger partial charge on any atom is 0.157 e. The van der Waals surface area contributed by atoms with Crippen LogP contribution in [0.25, 0.3) is 0 Å². The van der Waals surface area contributed by atoms with E-state index in [1.807, 2.05) is 13.8 Å². The van der Waals surface area contributed by atoms with Crippen LogP contribution >= 0.6 is 7.26 Å². The Hall–Kier alpha value is -1.99. The Morgan fingerprint density at radius 3 is 1.34 bits per heavy atom. The molecule has 0 fully saturated rings. The van der Waals surface area contributed by atoms with Gasteiger partial charge in [-0.1, -0.05) is 54.6 Å². The van der Waals surface area contributed by atoms with Crippen LogP contribution in [0.15, 0.2) is 72.8 Å². The lowest BCUT2D eigenvalue weighted by Crippen LogP contribution is -2.37. The molecular weight excluding hydrogens is 411 g/mol. The van der Waals surface area contributed by atoms with Crippen molar-refractivity contribution in [1.82, 2.24) is 0 Å². The third kappa shape index (κ3) is 5.31. The molecule has 32 heavy (non-hydrogen) atoms. The minimum absolute atomic E-state index is 0.127. The number of rotatable bonds is 11. The summed E-state index contributed by atoms with van der Waals surface area (Å²) < 4.78 is 11.8. The van der Waals surface area contributed by atoms with Gasteiger partial charge in [0.05, 0.1) is 6.16 Å². The van der Waals surface area contributed by atoms with Gasteiger partial charge in [0.15, 0.2) is 6.29 Å². The van der Waals surface area contributed by atoms with Crippen molar-refractivity contribution in [2.45, 2.75) is 53.8 Å². The topological polar surface area (TPSA) is 18.5 Å². The molecule has 0 saturated carbocycles. The molecular formula is C29H38O2P+. The van der Waals surface area contributed by atoms with Gasteiger partial charge in [-0.3, -0.25) is 0 Å². The first-order chi connectivity index (χ1) is 15.5. The molecule has 0 aliphatic carbocycles. The molecule has 3 aromatic carbocycles. The zero-order valence-corrected chi connectivity index (χ0v) is 21.2. The minimum atomic E-state index is -1.87. The molecule has 2 nitrogen and oxygen atoms in total. The monoisotopic (exact) mass is 449 g/mol. The van der Waals surface area contributed by atoms with Gasteiger partial charge in [0.1, 0.15) is 23.2 Å². The van der Waals surface area contributed by atoms with Crippen LogP contribution in [-0.4, -0.2) is 25.7 Å². The largest absolute Gasteiger partial charge is 0.353 e. The summed E-state index contributed by atoms with van der Waals surface area (Å²) >= 11 is 0. The van der Waals surface area contributed by atoms with Crippen molar-refractivity contribution < 1.29 is 9.47 Å². The summed E-state index contributed by atoms with van der Waals surface area (Å²) in [5.74, 6) is 0. The zero-order chi connectivity index (χ0) is 23.0. The van der Waals surface area contributed by atoms with Gasteiger partial charge in [0.25, 0.3) is 0 Å². The zero-order valence-electron chi connectivity index (χ0n) is 20.3. The summed E-state index contributed by atoms with van der Waals surface area (Å²) in [7, 11) is -1.87. The summed E-state index contributed by atoms with van der Waals surface area (Å²) in [6, 6.07) is 27.0. The predicted molar refractivity (Wildman–Crippen MR) is 140 cm³/mol. The van der Waals surface area contributed by atoms with Crippen LogP contribution in [0.4, 0.5) is 0 Å². The smallest absolute Gasteiger partial charge is 0.157 e. The lowest BCUT2D eigenvalue weighted by Gasteiger charge is -2.31. The summed E-state index contributed by atoms with van der Waals surface area (Å²) in [5.41, 5.74) is 4.12. The third-order valence-corrected chi connectivity index (χ3v) is 11.2. The van der Waals surface area contributed by atoms with E-state index in [0.717, 1.165) is 19.0 Å². The molecule has 0 aromatic heterocycles. The number of ether oxygens (including phenoxy) is 2. The van der Waals surface area contributed by atoms with E-state index >= 15 is 0 Å². The van der Waals surface area contributed by atoms with Crippen LogP contribution in [0.5, 0.6) is 0 Å². The van der Waals surface area contributed by atoms with Gasteiger partial charge in [-0.05, 0) is 75.9 Å². The first-order valence-electron chi connectivity index (χ1n) is 11.8. The van der Waals surface area contributed by atoms with E-state index in [4.69, 9.17) is 9.47 Å². The Balaban J connectivity index is 2.17. The van der Waals surface area contributed by atoms with Crippen molar-refractivity contribution in [3.63, 3.8) is 0 Å². The van der Waals surface area contributed by atoms with Crippen LogP contribution in [0, 0.1) is 20.8 Å². The number of hydrogen-bond acceptors (Lipinski definition) is 2. The number of hydrogen-bond donors (Lipinski definition) is 0. The van der Waals surface area contributed by atoms with Gasteiger partial charge in [0.2, 0.25) is 0 Å². The molecule has 0 heterocycles. The Morgan fingerprint density at radius 2 is 1.00 bits per heavy atom. The van der Waals surface area contributed by atoms with Crippen molar-refractivity contribution in [3.05, 3.63) is 89.5 Å². The Kier molecular flexibility index (Phi) is 9.05. The summed E-state index contributed by atoms with van der Waals surface area (Å²) in [4.78, 5) is 0. The lowest BCUT2D eigenvalue weighted by molar-refractivity contribution is -0.139. The second-order valence-electron chi connectivity index (χ2n) is 8.38. The van der Waals surface area contributed by atoms with Gasteiger partial charge in [0, 0.05) is 19.6 Å². The average molecular weight is 450 g/mol. The Labute approximate surface area is 195 Å². The fourth-order valence-corrected chi connectivity index (χ4v) is 10.0. The first kappa shape index (κ1) is 24.6. The highest BCUT2D eigenvalue weighted by Gasteiger charge is 2.47. The van der Waals surface area contributed by atoms with Crippen LogP contribution in [0.3, 0.4) is 0 Å². The van der Waals surface area contributed by atoms with E-state index in [0.29, 0.717) is 13.2 Å². The van der Waals surface area contributed by atoms with Gasteiger partial charge < -0.3 is 9.47 Å². The molecule has 3 aromatic rings. The maximum atomic E-state index is 5.88. The molecule has 0 spiro atoms. The quantitative estimate of drug-likeness (QED) is 0.261. The SMILES string of the molecule is CCOC(CCC[P+](c1ccccc1C)(c1ccccc1C)c1ccccc1C)OCC. The molecule has 0 saturated heterocycles. The molecule has 170 valence electrons. The highest BCUT2D eigenvalue weighted by Crippen LogP contribution is 2.58. The molecule has 0 radical (unpaired) electrons. The van der Waals surface area contributed by atoms with Crippen LogP contribution in [0.1, 0.15) is 43.4 Å². The molecule has 0 unspecified atom stereocenters. The maximum absolute atomic E-state index is 5.88. The first-order valence-corrected chi connectivity index (χ1v) is 13.8. The van der Waals surface area contributed by atoms with Gasteiger partial charge in [-0.15, -0.1) is 0 Å². The fraction of sp³-hybridized carbons (Fsp3) is 0.379. The highest BCUT2D eigenvalue weighted by atomic mass is 31.2. The molecule has 3 heteroatoms. The van der Waals surface area contributed by atoms with Crippen LogP contribution < -0.4 is 15.9 Å². The van der Waals surface area contributed by atoms with E-state index in [1.165, 1.54) is 32.6 Å². The molecule has 0 aliphatic rings. The fourth-order valence-electron chi connectivity index (χ4n) is 4.81. The van der Waals surface area contributed by atoms with Crippen molar-refractivity contribution in [2.75, 3.05) is 19.4 Å². The van der Waals surface area contributed by atoms with E-state index < -0.39 is 7.26 Å². The molecule has 0 aliphatic heterocycles. The van der Waals surface area contributed by atoms with Crippen molar-refractivity contribution >= 4 is 23.2 Å². The van der Waals surface area contributed by atoms with Crippen LogP contribution in [0.2, 0.25) is 0 Å². The summed E-state index contributed by atoms with van der Waals surface area (Å²) in [6.07, 6.45) is 2.93. The Bertz CT molecular complexity index is 881. The highest BCUT2D eigenvalue weighted by molar-refractivity contribution is 7.96. The average Bonchev–Trinajstić information content (AvgIpc) is 2.79. The predicted octanol–water partition coefficient (Wildman–Crippen LogP) is 6.09. The van der Waals surface area contributed by atoms with Gasteiger partial charge in [-0.25, -0.2) is 0 Å². The summed E-state index contributed by atoms with van der Waals surface area (Å²) in [5, 5.41) is 4.48. The van der Waals surface area contributed by atoms with E-state index in [2.05, 4.69) is 93.6 Å². The molecule has 3 rings (SSSR count). The standard InChI is InChI=1S/C29H38O2P/c1-6-30-29(31-7-2)21-14-22-32(26-18-11-8-15-23(26)3,27-19-12-9-16-24(27)4)28-20-13-10-17-25(28)5/h8-13,15-20,29H,6-7,14,21-22H2,1-5H3/q+1. The van der Waals surface area contributed by atoms with Crippen molar-refractivity contribution in [2.24, 2.45) is 0 Å². The van der Waals surface area contributed by atoms with Crippen LogP contribution in [-0.2, 0) is 9.47 Å². The second-order valence-corrected chi connectivity index (χ2v) is 11.9. The van der Waals surface area contributed by atoms with Crippen molar-refractivity contribution in [1.29, 1.82) is 0 Å². The molecule has 0 atom stereocenters. The molecule has 0 N–H and O–H groups in total. The van der Waals surface area contributed by atoms with Gasteiger partial charge in [-0.2, -0.15) is 0 Å². The van der Waals surface area contributed by atoms with Gasteiger partial charge >= 0.3 is 0 Å². The summed E-state index contributed by atoms with van der Waals surface area (Å²) in [6.45, 7) is 12.2. The second kappa shape index (κ2) is 11.8. The molecule has 0 amide bonds. The number of benzene rings is 3. The number of aryl methyl sites for hydroxylation is 3. The van der Waals surface area contributed by atoms with E-state index in [9.17, 15) is 0 Å². The van der Waals surface area contributed by atoms with Crippen molar-refractivity contribution in [3.8, 4) is 0 Å². The van der Waals surface area contributed by atoms with E-state index in [-0.39, 0.29) is 6.29 Å². The molecule has 0 bridgehead atoms. The normalized spacial score (nSPS) is 11.8.